The summed E-state index contributed by atoms with van der Waals surface area (Å²) in [6.45, 7) is 11.2. The van der Waals surface area contributed by atoms with Gasteiger partial charge >= 0.3 is 132 Å². The summed E-state index contributed by atoms with van der Waals surface area (Å²) >= 11 is 0.642. The second-order valence-electron chi connectivity index (χ2n) is 7.02. The van der Waals surface area contributed by atoms with E-state index in [2.05, 4.69) is 46.8 Å². The van der Waals surface area contributed by atoms with Crippen LogP contribution in [0.5, 0.6) is 0 Å². The monoisotopic (exact) mass is 344 g/mol. The number of rotatable bonds is 8. The number of Topliss-reactive ketones (excluding diaryl/α,β-unsaturated/α-hetero) is 1. The molecule has 0 amide bonds. The molecule has 0 heterocycles. The number of carbonyl (C=O) groups is 1. The van der Waals surface area contributed by atoms with Gasteiger partial charge in [0.2, 0.25) is 0 Å². The Morgan fingerprint density at radius 3 is 2.70 bits per heavy atom. The number of hydrogen-bond donors (Lipinski definition) is 0. The van der Waals surface area contributed by atoms with Crippen LogP contribution in [0, 0.1) is 17.3 Å². The molecule has 20 heavy (non-hydrogen) atoms. The summed E-state index contributed by atoms with van der Waals surface area (Å²) in [6, 6.07) is 0. The Hall–Kier alpha value is -0.0705. The zero-order chi connectivity index (χ0) is 15.2. The molecule has 3 unspecified atom stereocenters. The van der Waals surface area contributed by atoms with Crippen molar-refractivity contribution in [3.05, 3.63) is 12.2 Å². The van der Waals surface area contributed by atoms with Gasteiger partial charge in [0, 0.05) is 0 Å². The third-order valence-corrected chi connectivity index (χ3v) is 7.08. The Labute approximate surface area is 132 Å². The molecule has 0 bridgehead atoms. The van der Waals surface area contributed by atoms with Gasteiger partial charge in [0.05, 0.1) is 0 Å². The van der Waals surface area contributed by atoms with Gasteiger partial charge in [0.25, 0.3) is 0 Å². The van der Waals surface area contributed by atoms with Crippen molar-refractivity contribution < 1.29 is 4.79 Å². The van der Waals surface area contributed by atoms with Gasteiger partial charge in [0.1, 0.15) is 0 Å². The van der Waals surface area contributed by atoms with Gasteiger partial charge in [-0.1, -0.05) is 0 Å². The molecular formula is C18H32OSe. The molecule has 0 aromatic rings. The number of ketones is 1. The van der Waals surface area contributed by atoms with Crippen molar-refractivity contribution in [1.29, 1.82) is 0 Å². The van der Waals surface area contributed by atoms with Crippen LogP contribution in [0.15, 0.2) is 12.2 Å². The van der Waals surface area contributed by atoms with E-state index in [0.29, 0.717) is 31.5 Å². The molecule has 1 rings (SSSR count). The van der Waals surface area contributed by atoms with Crippen molar-refractivity contribution >= 4 is 20.7 Å². The van der Waals surface area contributed by atoms with Crippen LogP contribution in [-0.4, -0.2) is 20.7 Å². The summed E-state index contributed by atoms with van der Waals surface area (Å²) in [6.07, 6.45) is 10.3. The quantitative estimate of drug-likeness (QED) is 0.332. The Kier molecular flexibility index (Phi) is 7.54. The van der Waals surface area contributed by atoms with E-state index >= 15 is 0 Å². The molecule has 0 saturated carbocycles. The Balaban J connectivity index is 2.46. The molecule has 1 nitrogen and oxygen atoms in total. The van der Waals surface area contributed by atoms with Gasteiger partial charge in [0.15, 0.2) is 0 Å². The molecule has 1 aliphatic carbocycles. The van der Waals surface area contributed by atoms with Gasteiger partial charge in [-0.25, -0.2) is 0 Å². The topological polar surface area (TPSA) is 17.1 Å². The first kappa shape index (κ1) is 18.0. The van der Waals surface area contributed by atoms with Gasteiger partial charge in [-0.3, -0.25) is 0 Å². The summed E-state index contributed by atoms with van der Waals surface area (Å²) in [5.41, 5.74) is 0.139. The second-order valence-corrected chi connectivity index (χ2v) is 10.3. The number of hydrogen-bond acceptors (Lipinski definition) is 1. The van der Waals surface area contributed by atoms with Crippen LogP contribution in [0.4, 0.5) is 0 Å². The number of allylic oxidation sites excluding steroid dienone is 2. The fourth-order valence-electron chi connectivity index (χ4n) is 3.37. The van der Waals surface area contributed by atoms with Crippen LogP contribution >= 0.6 is 0 Å². The van der Waals surface area contributed by atoms with E-state index in [1.165, 1.54) is 24.6 Å². The van der Waals surface area contributed by atoms with E-state index in [9.17, 15) is 4.79 Å². The Morgan fingerprint density at radius 2 is 2.10 bits per heavy atom. The molecule has 2 heteroatoms. The first-order valence-electron chi connectivity index (χ1n) is 8.19. The normalized spacial score (nSPS) is 26.4. The van der Waals surface area contributed by atoms with E-state index in [0.717, 1.165) is 12.8 Å². The first-order valence-corrected chi connectivity index (χ1v) is 10.4. The average Bonchev–Trinajstić information content (AvgIpc) is 2.33. The summed E-state index contributed by atoms with van der Waals surface area (Å²) in [4.78, 5) is 13.3. The molecule has 3 atom stereocenters. The summed E-state index contributed by atoms with van der Waals surface area (Å²) in [5, 5.41) is 1.35. The fraction of sp³-hybridized carbons (Fsp3) is 0.833. The molecule has 0 spiro atoms. The SMILES string of the molecule is CCCCC[Se]C(C)CC(=O)C1C(C)C=CCC1(C)C. The van der Waals surface area contributed by atoms with E-state index in [1.54, 1.807) is 0 Å². The minimum atomic E-state index is 0.139. The summed E-state index contributed by atoms with van der Waals surface area (Å²) < 4.78 is 0. The maximum atomic E-state index is 12.7. The van der Waals surface area contributed by atoms with Crippen LogP contribution in [0.2, 0.25) is 10.1 Å². The fourth-order valence-corrected chi connectivity index (χ4v) is 5.59. The van der Waals surface area contributed by atoms with Gasteiger partial charge in [-0.05, 0) is 0 Å². The molecule has 0 radical (unpaired) electrons. The van der Waals surface area contributed by atoms with Crippen molar-refractivity contribution in [3.8, 4) is 0 Å². The molecular weight excluding hydrogens is 311 g/mol. The zero-order valence-electron chi connectivity index (χ0n) is 13.9. The van der Waals surface area contributed by atoms with E-state index in [-0.39, 0.29) is 11.3 Å². The van der Waals surface area contributed by atoms with Crippen molar-refractivity contribution in [2.45, 2.75) is 76.9 Å². The van der Waals surface area contributed by atoms with Crippen molar-refractivity contribution in [2.24, 2.45) is 17.3 Å². The molecule has 0 saturated heterocycles. The molecule has 0 aliphatic heterocycles. The predicted octanol–water partition coefficient (Wildman–Crippen LogP) is 5.31. The minimum absolute atomic E-state index is 0.139. The molecule has 0 aromatic carbocycles. The average molecular weight is 343 g/mol. The number of carbonyl (C=O) groups excluding carboxylic acids is 1. The van der Waals surface area contributed by atoms with Crippen LogP contribution in [0.25, 0.3) is 0 Å². The third kappa shape index (κ3) is 5.37. The van der Waals surface area contributed by atoms with Crippen molar-refractivity contribution in [2.75, 3.05) is 0 Å². The van der Waals surface area contributed by atoms with Gasteiger partial charge in [-0.15, -0.1) is 0 Å². The summed E-state index contributed by atoms with van der Waals surface area (Å²) in [7, 11) is 0. The molecule has 0 fully saturated rings. The van der Waals surface area contributed by atoms with Crippen molar-refractivity contribution in [3.63, 3.8) is 0 Å². The second kappa shape index (κ2) is 8.39. The Morgan fingerprint density at radius 1 is 1.40 bits per heavy atom. The van der Waals surface area contributed by atoms with E-state index < -0.39 is 0 Å². The van der Waals surface area contributed by atoms with E-state index in [4.69, 9.17) is 0 Å². The molecule has 0 aromatic heterocycles. The predicted molar refractivity (Wildman–Crippen MR) is 89.3 cm³/mol. The van der Waals surface area contributed by atoms with Crippen molar-refractivity contribution in [1.82, 2.24) is 0 Å². The maximum absolute atomic E-state index is 12.7. The zero-order valence-corrected chi connectivity index (χ0v) is 15.7. The van der Waals surface area contributed by atoms with Crippen LogP contribution < -0.4 is 0 Å². The molecule has 116 valence electrons. The van der Waals surface area contributed by atoms with Crippen LogP contribution in [0.3, 0.4) is 0 Å². The Bertz CT molecular complexity index is 332. The summed E-state index contributed by atoms with van der Waals surface area (Å²) in [5.74, 6) is 1.14. The van der Waals surface area contributed by atoms with Gasteiger partial charge in [-0.2, -0.15) is 0 Å². The standard InChI is InChI=1S/C18H32OSe/c1-6-7-8-12-20-15(3)13-16(19)17-14(2)10-9-11-18(17,4)5/h9-10,14-15,17H,6-8,11-13H2,1-5H3. The molecule has 1 aliphatic rings. The van der Waals surface area contributed by atoms with Crippen LogP contribution in [0.1, 0.15) is 66.7 Å². The van der Waals surface area contributed by atoms with Crippen LogP contribution in [-0.2, 0) is 4.79 Å². The first-order chi connectivity index (χ1) is 9.38. The number of unbranched alkanes of at least 4 members (excludes halogenated alkanes) is 2. The molecule has 0 N–H and O–H groups in total. The third-order valence-electron chi connectivity index (χ3n) is 4.44. The van der Waals surface area contributed by atoms with Gasteiger partial charge < -0.3 is 0 Å². The van der Waals surface area contributed by atoms with E-state index in [1.807, 2.05) is 0 Å².